The van der Waals surface area contributed by atoms with Gasteiger partial charge < -0.3 is 5.73 Å². The molecule has 4 N–H and O–H groups in total. The Morgan fingerprint density at radius 1 is 1.36 bits per heavy atom. The minimum atomic E-state index is -3.58. The normalized spacial score (nSPS) is 20.9. The van der Waals surface area contributed by atoms with Crippen molar-refractivity contribution in [3.63, 3.8) is 0 Å². The van der Waals surface area contributed by atoms with Gasteiger partial charge in [-0.25, -0.2) is 13.6 Å². The minimum absolute atomic E-state index is 0.0412. The predicted octanol–water partition coefficient (Wildman–Crippen LogP) is 0.280. The van der Waals surface area contributed by atoms with E-state index in [-0.39, 0.29) is 10.9 Å². The molecular formula is C9H12N2O2S. The standard InChI is InChI=1S/C9H12N2O2S/c10-9-4-1-6-5-7(14(11,12)13)2-3-8(6)9/h2-3,5,9H,1,4,10H2,(H2,11,12,13)/t9-/m0/s1. The molecule has 76 valence electrons. The van der Waals surface area contributed by atoms with Gasteiger partial charge in [0.25, 0.3) is 0 Å². The van der Waals surface area contributed by atoms with Gasteiger partial charge in [-0.05, 0) is 36.1 Å². The summed E-state index contributed by atoms with van der Waals surface area (Å²) in [5, 5.41) is 5.03. The van der Waals surface area contributed by atoms with Crippen LogP contribution in [0.5, 0.6) is 0 Å². The third-order valence-corrected chi connectivity index (χ3v) is 3.48. The maximum absolute atomic E-state index is 11.1. The Bertz CT molecular complexity index is 468. The van der Waals surface area contributed by atoms with Gasteiger partial charge in [-0.2, -0.15) is 0 Å². The Labute approximate surface area is 83.0 Å². The van der Waals surface area contributed by atoms with Crippen molar-refractivity contribution >= 4 is 10.0 Å². The number of nitrogens with two attached hydrogens (primary N) is 2. The van der Waals surface area contributed by atoms with Crippen LogP contribution in [0.25, 0.3) is 0 Å². The number of fused-ring (bicyclic) bond motifs is 1. The summed E-state index contributed by atoms with van der Waals surface area (Å²) < 4.78 is 22.1. The second kappa shape index (κ2) is 3.05. The third kappa shape index (κ3) is 1.54. The second-order valence-corrected chi connectivity index (χ2v) is 5.11. The van der Waals surface area contributed by atoms with Crippen molar-refractivity contribution in [2.45, 2.75) is 23.8 Å². The maximum atomic E-state index is 11.1. The first-order valence-electron chi connectivity index (χ1n) is 4.40. The largest absolute Gasteiger partial charge is 0.324 e. The average Bonchev–Trinajstić information content (AvgIpc) is 2.46. The number of benzene rings is 1. The fraction of sp³-hybridized carbons (Fsp3) is 0.333. The molecule has 4 nitrogen and oxygen atoms in total. The molecule has 2 rings (SSSR count). The molecule has 14 heavy (non-hydrogen) atoms. The zero-order chi connectivity index (χ0) is 10.3. The predicted molar refractivity (Wildman–Crippen MR) is 53.1 cm³/mol. The lowest BCUT2D eigenvalue weighted by atomic mass is 10.1. The summed E-state index contributed by atoms with van der Waals surface area (Å²) in [4.78, 5) is 0.172. The molecule has 0 spiro atoms. The van der Waals surface area contributed by atoms with E-state index in [4.69, 9.17) is 10.9 Å². The first-order chi connectivity index (χ1) is 6.48. The fourth-order valence-electron chi connectivity index (χ4n) is 1.80. The number of hydrogen-bond acceptors (Lipinski definition) is 3. The summed E-state index contributed by atoms with van der Waals surface area (Å²) in [7, 11) is -3.58. The molecular weight excluding hydrogens is 200 g/mol. The van der Waals surface area contributed by atoms with Crippen molar-refractivity contribution < 1.29 is 8.42 Å². The van der Waals surface area contributed by atoms with E-state index in [2.05, 4.69) is 0 Å². The van der Waals surface area contributed by atoms with Crippen LogP contribution in [0.1, 0.15) is 23.6 Å². The average molecular weight is 212 g/mol. The van der Waals surface area contributed by atoms with Gasteiger partial charge in [0, 0.05) is 6.04 Å². The van der Waals surface area contributed by atoms with E-state index >= 15 is 0 Å². The molecule has 1 aromatic carbocycles. The quantitative estimate of drug-likeness (QED) is 0.701. The van der Waals surface area contributed by atoms with Gasteiger partial charge in [0.05, 0.1) is 4.90 Å². The summed E-state index contributed by atoms with van der Waals surface area (Å²) >= 11 is 0. The molecule has 0 aromatic heterocycles. The van der Waals surface area contributed by atoms with E-state index in [9.17, 15) is 8.42 Å². The van der Waals surface area contributed by atoms with Gasteiger partial charge in [0.1, 0.15) is 0 Å². The first kappa shape index (κ1) is 9.64. The Morgan fingerprint density at radius 3 is 2.71 bits per heavy atom. The molecule has 0 saturated heterocycles. The zero-order valence-corrected chi connectivity index (χ0v) is 8.42. The number of sulfonamides is 1. The summed E-state index contributed by atoms with van der Waals surface area (Å²) in [6, 6.07) is 4.93. The SMILES string of the molecule is N[C@H]1CCc2cc(S(N)(=O)=O)ccc21. The van der Waals surface area contributed by atoms with E-state index < -0.39 is 10.0 Å². The van der Waals surface area contributed by atoms with Crippen LogP contribution in [0, 0.1) is 0 Å². The highest BCUT2D eigenvalue weighted by Gasteiger charge is 2.20. The number of primary sulfonamides is 1. The van der Waals surface area contributed by atoms with E-state index in [1.54, 1.807) is 12.1 Å². The summed E-state index contributed by atoms with van der Waals surface area (Å²) in [5.74, 6) is 0. The van der Waals surface area contributed by atoms with Crippen molar-refractivity contribution in [2.75, 3.05) is 0 Å². The van der Waals surface area contributed by atoms with Crippen LogP contribution in [-0.4, -0.2) is 8.42 Å². The van der Waals surface area contributed by atoms with Gasteiger partial charge >= 0.3 is 0 Å². The molecule has 5 heteroatoms. The van der Waals surface area contributed by atoms with Gasteiger partial charge in [-0.3, -0.25) is 0 Å². The van der Waals surface area contributed by atoms with Crippen molar-refractivity contribution in [2.24, 2.45) is 10.9 Å². The number of aryl methyl sites for hydroxylation is 1. The fourth-order valence-corrected chi connectivity index (χ4v) is 2.37. The van der Waals surface area contributed by atoms with Crippen LogP contribution in [0.4, 0.5) is 0 Å². The van der Waals surface area contributed by atoms with Crippen LogP contribution in [0.2, 0.25) is 0 Å². The van der Waals surface area contributed by atoms with E-state index in [1.165, 1.54) is 6.07 Å². The van der Waals surface area contributed by atoms with Crippen molar-refractivity contribution in [1.82, 2.24) is 0 Å². The lowest BCUT2D eigenvalue weighted by Crippen LogP contribution is -2.12. The molecule has 0 fully saturated rings. The Balaban J connectivity index is 2.53. The topological polar surface area (TPSA) is 86.2 Å². The van der Waals surface area contributed by atoms with Crippen LogP contribution in [0.3, 0.4) is 0 Å². The van der Waals surface area contributed by atoms with Crippen molar-refractivity contribution in [3.05, 3.63) is 29.3 Å². The highest BCUT2D eigenvalue weighted by Crippen LogP contribution is 2.30. The molecule has 0 aliphatic heterocycles. The summed E-state index contributed by atoms with van der Waals surface area (Å²) in [6.07, 6.45) is 1.71. The van der Waals surface area contributed by atoms with Crippen molar-refractivity contribution in [1.29, 1.82) is 0 Å². The van der Waals surface area contributed by atoms with E-state index in [1.807, 2.05) is 0 Å². The number of rotatable bonds is 1. The molecule has 0 amide bonds. The lowest BCUT2D eigenvalue weighted by molar-refractivity contribution is 0.597. The highest BCUT2D eigenvalue weighted by atomic mass is 32.2. The smallest absolute Gasteiger partial charge is 0.238 e. The Hall–Kier alpha value is -0.910. The third-order valence-electron chi connectivity index (χ3n) is 2.57. The Morgan fingerprint density at radius 2 is 2.07 bits per heavy atom. The second-order valence-electron chi connectivity index (χ2n) is 3.55. The van der Waals surface area contributed by atoms with Gasteiger partial charge in [-0.15, -0.1) is 0 Å². The van der Waals surface area contributed by atoms with Gasteiger partial charge in [-0.1, -0.05) is 6.07 Å². The summed E-state index contributed by atoms with van der Waals surface area (Å²) in [5.41, 5.74) is 7.87. The molecule has 0 unspecified atom stereocenters. The highest BCUT2D eigenvalue weighted by molar-refractivity contribution is 7.89. The first-order valence-corrected chi connectivity index (χ1v) is 5.94. The minimum Gasteiger partial charge on any atom is -0.324 e. The van der Waals surface area contributed by atoms with E-state index in [0.717, 1.165) is 24.0 Å². The molecule has 0 heterocycles. The molecule has 0 bridgehead atoms. The molecule has 1 aliphatic carbocycles. The van der Waals surface area contributed by atoms with Crippen LogP contribution in [-0.2, 0) is 16.4 Å². The maximum Gasteiger partial charge on any atom is 0.238 e. The van der Waals surface area contributed by atoms with Crippen LogP contribution in [0.15, 0.2) is 23.1 Å². The molecule has 1 aromatic rings. The Kier molecular flexibility index (Phi) is 2.10. The molecule has 1 aliphatic rings. The zero-order valence-electron chi connectivity index (χ0n) is 7.60. The van der Waals surface area contributed by atoms with Crippen LogP contribution < -0.4 is 10.9 Å². The number of hydrogen-bond donors (Lipinski definition) is 2. The molecule has 1 atom stereocenters. The van der Waals surface area contributed by atoms with E-state index in [0.29, 0.717) is 0 Å². The molecule has 0 saturated carbocycles. The summed E-state index contributed by atoms with van der Waals surface area (Å²) in [6.45, 7) is 0. The van der Waals surface area contributed by atoms with Gasteiger partial charge in [0.15, 0.2) is 0 Å². The van der Waals surface area contributed by atoms with Crippen molar-refractivity contribution in [3.8, 4) is 0 Å². The van der Waals surface area contributed by atoms with Gasteiger partial charge in [0.2, 0.25) is 10.0 Å². The van der Waals surface area contributed by atoms with Crippen LogP contribution >= 0.6 is 0 Å². The monoisotopic (exact) mass is 212 g/mol. The molecule has 0 radical (unpaired) electrons. The lowest BCUT2D eigenvalue weighted by Gasteiger charge is -2.05.